The maximum Gasteiger partial charge on any atom is 0.329 e. The minimum absolute atomic E-state index is 0.0330. The summed E-state index contributed by atoms with van der Waals surface area (Å²) in [6.07, 6.45) is 0.188. The summed E-state index contributed by atoms with van der Waals surface area (Å²) in [5.74, 6) is -2.59. The highest BCUT2D eigenvalue weighted by Crippen LogP contribution is 2.39. The Labute approximate surface area is 266 Å². The van der Waals surface area contributed by atoms with Crippen molar-refractivity contribution >= 4 is 143 Å². The molecule has 0 radical (unpaired) electrons. The van der Waals surface area contributed by atoms with Gasteiger partial charge < -0.3 is 10.1 Å². The first-order valence-electron chi connectivity index (χ1n) is 10.0. The van der Waals surface area contributed by atoms with Crippen molar-refractivity contribution in [2.24, 2.45) is 5.92 Å². The summed E-state index contributed by atoms with van der Waals surface area (Å²) in [5.41, 5.74) is 0.854. The molecule has 0 unspecified atom stereocenters. The van der Waals surface area contributed by atoms with Crippen LogP contribution in [0, 0.1) is 20.2 Å². The molecule has 186 valence electrons. The number of carbonyl (C=O) groups excluding carboxylic acids is 4. The highest BCUT2D eigenvalue weighted by atomic mass is 127. The van der Waals surface area contributed by atoms with Gasteiger partial charge in [0.25, 0.3) is 17.7 Å². The molecular weight excluding hydrogens is 951 g/mol. The maximum absolute atomic E-state index is 13.4. The van der Waals surface area contributed by atoms with Gasteiger partial charge in [-0.05, 0) is 121 Å². The van der Waals surface area contributed by atoms with Gasteiger partial charge in [-0.15, -0.1) is 0 Å². The number of esters is 1. The predicted molar refractivity (Wildman–Crippen MR) is 167 cm³/mol. The van der Waals surface area contributed by atoms with Gasteiger partial charge in [0.05, 0.1) is 21.8 Å². The van der Waals surface area contributed by atoms with Crippen molar-refractivity contribution in [3.63, 3.8) is 0 Å². The van der Waals surface area contributed by atoms with E-state index < -0.39 is 36.3 Å². The Morgan fingerprint density at radius 2 is 1.51 bits per heavy atom. The summed E-state index contributed by atoms with van der Waals surface area (Å²) in [6, 6.07) is 3.39. The Kier molecular flexibility index (Phi) is 10.4. The molecule has 0 aliphatic carbocycles. The lowest BCUT2D eigenvalue weighted by Gasteiger charge is -2.26. The second kappa shape index (κ2) is 12.3. The number of amides is 3. The number of nitrogens with one attached hydrogen (secondary N) is 1. The first kappa shape index (κ1) is 29.6. The minimum atomic E-state index is -1.17. The molecule has 1 aliphatic heterocycles. The van der Waals surface area contributed by atoms with E-state index in [0.717, 1.165) is 12.0 Å². The second-order valence-electron chi connectivity index (χ2n) is 7.91. The van der Waals surface area contributed by atoms with Gasteiger partial charge in [0.2, 0.25) is 0 Å². The number of ether oxygens (including phenoxy) is 1. The zero-order chi connectivity index (χ0) is 26.2. The molecule has 0 aromatic heterocycles. The molecule has 13 heteroatoms. The Balaban J connectivity index is 1.83. The Hall–Kier alpha value is 0.0200. The van der Waals surface area contributed by atoms with Gasteiger partial charge >= 0.3 is 5.97 Å². The molecule has 1 heterocycles. The first-order valence-corrected chi connectivity index (χ1v) is 15.1. The SMILES string of the molecule is CC(C)C[C@@H](C(=O)OCC(=O)Nc1cc(Cl)ccc1Cl)N1C(=O)c2c(I)c(I)c(I)c(I)c2C1=O. The molecule has 7 nitrogen and oxygen atoms in total. The molecule has 2 aromatic rings. The number of hydrogen-bond acceptors (Lipinski definition) is 5. The van der Waals surface area contributed by atoms with E-state index in [1.807, 2.05) is 13.8 Å². The van der Waals surface area contributed by atoms with Crippen LogP contribution in [-0.4, -0.2) is 41.2 Å². The van der Waals surface area contributed by atoms with Crippen LogP contribution in [0.2, 0.25) is 10.0 Å². The molecule has 1 aliphatic rings. The zero-order valence-corrected chi connectivity index (χ0v) is 28.2. The van der Waals surface area contributed by atoms with Crippen LogP contribution in [0.15, 0.2) is 18.2 Å². The molecule has 2 aromatic carbocycles. The first-order chi connectivity index (χ1) is 16.3. The standard InChI is InChI=1S/C22H16Cl2I4N2O5/c1-8(2)5-12(22(34)35-7-13(31)29-11-6-9(23)3-4-10(11)24)30-20(32)14-15(21(30)33)17(26)19(28)18(27)16(14)25/h3-4,6,8,12H,5,7H2,1-2H3,(H,29,31)/t12-/m0/s1. The number of halogens is 6. The van der Waals surface area contributed by atoms with E-state index in [1.165, 1.54) is 12.1 Å². The lowest BCUT2D eigenvalue weighted by atomic mass is 10.0. The summed E-state index contributed by atoms with van der Waals surface area (Å²) in [5, 5.41) is 3.17. The fraction of sp³-hybridized carbons (Fsp3) is 0.273. The van der Waals surface area contributed by atoms with Gasteiger partial charge in [-0.1, -0.05) is 37.0 Å². The van der Waals surface area contributed by atoms with Crippen LogP contribution < -0.4 is 5.32 Å². The van der Waals surface area contributed by atoms with Gasteiger partial charge in [-0.3, -0.25) is 19.3 Å². The summed E-state index contributed by atoms with van der Waals surface area (Å²) in [4.78, 5) is 53.2. The van der Waals surface area contributed by atoms with E-state index in [1.54, 1.807) is 6.07 Å². The van der Waals surface area contributed by atoms with Crippen LogP contribution in [0.5, 0.6) is 0 Å². The minimum Gasteiger partial charge on any atom is -0.454 e. The third-order valence-corrected chi connectivity index (χ3v) is 12.9. The molecule has 0 spiro atoms. The largest absolute Gasteiger partial charge is 0.454 e. The summed E-state index contributed by atoms with van der Waals surface area (Å²) in [6.45, 7) is 3.11. The fourth-order valence-corrected chi connectivity index (χ4v) is 7.40. The van der Waals surface area contributed by atoms with Crippen molar-refractivity contribution in [3.05, 3.63) is 53.7 Å². The van der Waals surface area contributed by atoms with Crippen molar-refractivity contribution in [1.82, 2.24) is 4.90 Å². The van der Waals surface area contributed by atoms with Crippen LogP contribution in [0.1, 0.15) is 41.0 Å². The third-order valence-electron chi connectivity index (χ3n) is 4.96. The molecule has 0 saturated heterocycles. The normalized spacial score (nSPS) is 13.8. The quantitative estimate of drug-likeness (QED) is 0.111. The lowest BCUT2D eigenvalue weighted by molar-refractivity contribution is -0.151. The van der Waals surface area contributed by atoms with Crippen molar-refractivity contribution in [3.8, 4) is 0 Å². The van der Waals surface area contributed by atoms with Crippen molar-refractivity contribution in [2.75, 3.05) is 11.9 Å². The number of anilines is 1. The Morgan fingerprint density at radius 3 is 2.03 bits per heavy atom. The summed E-state index contributed by atoms with van der Waals surface area (Å²) >= 11 is 20.4. The molecule has 3 amide bonds. The highest BCUT2D eigenvalue weighted by molar-refractivity contribution is 14.1. The van der Waals surface area contributed by atoms with Crippen LogP contribution in [0.4, 0.5) is 5.69 Å². The molecular formula is C22H16Cl2I4N2O5. The molecule has 3 rings (SSSR count). The van der Waals surface area contributed by atoms with E-state index >= 15 is 0 Å². The molecule has 1 atom stereocenters. The third kappa shape index (κ3) is 6.37. The van der Waals surface area contributed by atoms with Crippen LogP contribution in [0.25, 0.3) is 0 Å². The van der Waals surface area contributed by atoms with E-state index in [0.29, 0.717) is 23.3 Å². The van der Waals surface area contributed by atoms with Gasteiger partial charge in [0.15, 0.2) is 6.61 Å². The Bertz CT molecular complexity index is 1210. The average molecular weight is 967 g/mol. The lowest BCUT2D eigenvalue weighted by Crippen LogP contribution is -2.47. The molecule has 1 N–H and O–H groups in total. The van der Waals surface area contributed by atoms with Crippen molar-refractivity contribution < 1.29 is 23.9 Å². The average Bonchev–Trinajstić information content (AvgIpc) is 3.05. The molecule has 35 heavy (non-hydrogen) atoms. The number of imide groups is 1. The van der Waals surface area contributed by atoms with Crippen LogP contribution in [0.3, 0.4) is 0 Å². The molecule has 0 saturated carbocycles. The van der Waals surface area contributed by atoms with Crippen molar-refractivity contribution in [2.45, 2.75) is 26.3 Å². The number of carbonyl (C=O) groups is 4. The topological polar surface area (TPSA) is 92.8 Å². The van der Waals surface area contributed by atoms with E-state index in [-0.39, 0.29) is 23.0 Å². The smallest absolute Gasteiger partial charge is 0.329 e. The fourth-order valence-electron chi connectivity index (χ4n) is 3.42. The van der Waals surface area contributed by atoms with Crippen molar-refractivity contribution in [1.29, 1.82) is 0 Å². The molecule has 0 fully saturated rings. The van der Waals surface area contributed by atoms with Gasteiger partial charge in [-0.25, -0.2) is 4.79 Å². The second-order valence-corrected chi connectivity index (χ2v) is 13.1. The number of hydrogen-bond donors (Lipinski definition) is 1. The molecule has 0 bridgehead atoms. The predicted octanol–water partition coefficient (Wildman–Crippen LogP) is 6.60. The van der Waals surface area contributed by atoms with E-state index in [2.05, 4.69) is 95.7 Å². The number of nitrogens with zero attached hydrogens (tertiary/aromatic N) is 1. The van der Waals surface area contributed by atoms with Gasteiger partial charge in [0, 0.05) is 19.3 Å². The zero-order valence-electron chi connectivity index (χ0n) is 18.1. The number of benzene rings is 2. The maximum atomic E-state index is 13.4. The van der Waals surface area contributed by atoms with Crippen LogP contribution in [-0.2, 0) is 14.3 Å². The summed E-state index contributed by atoms with van der Waals surface area (Å²) in [7, 11) is 0. The number of rotatable bonds is 7. The van der Waals surface area contributed by atoms with E-state index in [4.69, 9.17) is 27.9 Å². The number of fused-ring (bicyclic) bond motifs is 1. The van der Waals surface area contributed by atoms with Gasteiger partial charge in [-0.2, -0.15) is 0 Å². The van der Waals surface area contributed by atoms with Crippen LogP contribution >= 0.6 is 114 Å². The van der Waals surface area contributed by atoms with Gasteiger partial charge in [0.1, 0.15) is 6.04 Å². The van der Waals surface area contributed by atoms with E-state index in [9.17, 15) is 19.2 Å². The Morgan fingerprint density at radius 1 is 0.971 bits per heavy atom. The monoisotopic (exact) mass is 966 g/mol. The highest BCUT2D eigenvalue weighted by Gasteiger charge is 2.47. The summed E-state index contributed by atoms with van der Waals surface area (Å²) < 4.78 is 8.31.